The highest BCUT2D eigenvalue weighted by atomic mass is 19.1. The number of hydrogen-bond acceptors (Lipinski definition) is 3. The highest BCUT2D eigenvalue weighted by molar-refractivity contribution is 5.96. The quantitative estimate of drug-likeness (QED) is 0.343. The zero-order valence-corrected chi connectivity index (χ0v) is 11.2. The maximum Gasteiger partial charge on any atom is 0.170 e. The maximum atomic E-state index is 13.4. The van der Waals surface area contributed by atoms with Crippen LogP contribution < -0.4 is 11.1 Å². The van der Waals surface area contributed by atoms with Gasteiger partial charge < -0.3 is 16.3 Å². The molecule has 0 unspecified atom stereocenters. The van der Waals surface area contributed by atoms with E-state index in [9.17, 15) is 8.78 Å². The van der Waals surface area contributed by atoms with Gasteiger partial charge in [0.05, 0.1) is 0 Å². The van der Waals surface area contributed by atoms with E-state index in [0.29, 0.717) is 12.1 Å². The Kier molecular flexibility index (Phi) is 4.84. The summed E-state index contributed by atoms with van der Waals surface area (Å²) in [6.07, 6.45) is 0. The van der Waals surface area contributed by atoms with Crippen LogP contribution in [0.5, 0.6) is 0 Å². The zero-order valence-electron chi connectivity index (χ0n) is 11.2. The summed E-state index contributed by atoms with van der Waals surface area (Å²) in [5.74, 6) is -0.862. The molecular weight excluding hydrogens is 276 g/mol. The van der Waals surface area contributed by atoms with Gasteiger partial charge in [-0.15, -0.1) is 0 Å². The van der Waals surface area contributed by atoms with Gasteiger partial charge in [0.2, 0.25) is 0 Å². The van der Waals surface area contributed by atoms with E-state index in [2.05, 4.69) is 10.5 Å². The van der Waals surface area contributed by atoms with E-state index in [1.54, 1.807) is 12.1 Å². The van der Waals surface area contributed by atoms with Gasteiger partial charge in [0.15, 0.2) is 5.84 Å². The average Bonchev–Trinajstić information content (AvgIpc) is 2.50. The highest BCUT2D eigenvalue weighted by Gasteiger charge is 2.04. The molecule has 0 aliphatic heterocycles. The third-order valence-corrected chi connectivity index (χ3v) is 3.01. The van der Waals surface area contributed by atoms with Crippen LogP contribution in [0.4, 0.5) is 8.78 Å². The third kappa shape index (κ3) is 4.00. The summed E-state index contributed by atoms with van der Waals surface area (Å²) in [4.78, 5) is 0. The molecule has 0 radical (unpaired) electrons. The second-order valence-corrected chi connectivity index (χ2v) is 4.52. The second kappa shape index (κ2) is 6.81. The van der Waals surface area contributed by atoms with Crippen molar-refractivity contribution in [3.8, 4) is 0 Å². The Morgan fingerprint density at radius 3 is 2.48 bits per heavy atom. The Balaban J connectivity index is 1.93. The summed E-state index contributed by atoms with van der Waals surface area (Å²) >= 11 is 0. The van der Waals surface area contributed by atoms with Gasteiger partial charge in [-0.25, -0.2) is 8.78 Å². The van der Waals surface area contributed by atoms with Crippen molar-refractivity contribution in [3.05, 3.63) is 70.8 Å². The van der Waals surface area contributed by atoms with Crippen LogP contribution in [-0.2, 0) is 13.1 Å². The number of amidine groups is 1. The summed E-state index contributed by atoms with van der Waals surface area (Å²) in [6.45, 7) is 0.720. The first kappa shape index (κ1) is 14.9. The molecule has 0 bridgehead atoms. The van der Waals surface area contributed by atoms with Crippen LogP contribution >= 0.6 is 0 Å². The van der Waals surface area contributed by atoms with Crippen LogP contribution in [0, 0.1) is 11.6 Å². The largest absolute Gasteiger partial charge is 0.409 e. The summed E-state index contributed by atoms with van der Waals surface area (Å²) in [6, 6.07) is 10.4. The monoisotopic (exact) mass is 291 g/mol. The van der Waals surface area contributed by atoms with Crippen LogP contribution in [0.3, 0.4) is 0 Å². The van der Waals surface area contributed by atoms with Crippen molar-refractivity contribution in [3.63, 3.8) is 0 Å². The van der Waals surface area contributed by atoms with Crippen LogP contribution in [0.2, 0.25) is 0 Å². The second-order valence-electron chi connectivity index (χ2n) is 4.52. The Morgan fingerprint density at radius 2 is 1.81 bits per heavy atom. The molecule has 4 nitrogen and oxygen atoms in total. The lowest BCUT2D eigenvalue weighted by atomic mass is 10.1. The Morgan fingerprint density at radius 1 is 1.10 bits per heavy atom. The van der Waals surface area contributed by atoms with Gasteiger partial charge in [0.25, 0.3) is 0 Å². The van der Waals surface area contributed by atoms with E-state index in [1.807, 2.05) is 12.1 Å². The average molecular weight is 291 g/mol. The number of nitrogens with one attached hydrogen (secondary N) is 1. The zero-order chi connectivity index (χ0) is 15.2. The number of hydrogen-bond donors (Lipinski definition) is 3. The Labute approximate surface area is 120 Å². The van der Waals surface area contributed by atoms with E-state index in [0.717, 1.165) is 17.7 Å². The van der Waals surface area contributed by atoms with E-state index in [4.69, 9.17) is 10.9 Å². The third-order valence-electron chi connectivity index (χ3n) is 3.01. The Hall–Kier alpha value is -2.47. The van der Waals surface area contributed by atoms with Crippen molar-refractivity contribution < 1.29 is 14.0 Å². The topological polar surface area (TPSA) is 70.6 Å². The first-order valence-electron chi connectivity index (χ1n) is 6.31. The van der Waals surface area contributed by atoms with Gasteiger partial charge in [-0.1, -0.05) is 29.4 Å². The predicted molar refractivity (Wildman–Crippen MR) is 75.9 cm³/mol. The molecule has 21 heavy (non-hydrogen) atoms. The number of halogens is 2. The van der Waals surface area contributed by atoms with Gasteiger partial charge in [-0.3, -0.25) is 0 Å². The molecule has 0 fully saturated rings. The van der Waals surface area contributed by atoms with Gasteiger partial charge in [-0.05, 0) is 23.8 Å². The lowest BCUT2D eigenvalue weighted by Crippen LogP contribution is -2.15. The minimum Gasteiger partial charge on any atom is -0.409 e. The van der Waals surface area contributed by atoms with Crippen molar-refractivity contribution in [1.29, 1.82) is 0 Å². The number of nitrogens with two attached hydrogens (primary N) is 1. The summed E-state index contributed by atoms with van der Waals surface area (Å²) in [5, 5.41) is 14.5. The van der Waals surface area contributed by atoms with Crippen molar-refractivity contribution in [2.75, 3.05) is 0 Å². The fraction of sp³-hybridized carbons (Fsp3) is 0.133. The number of nitrogens with zero attached hydrogens (tertiary/aromatic N) is 1. The van der Waals surface area contributed by atoms with Gasteiger partial charge in [0, 0.05) is 24.2 Å². The van der Waals surface area contributed by atoms with Crippen LogP contribution in [0.1, 0.15) is 16.7 Å². The van der Waals surface area contributed by atoms with Gasteiger partial charge in [-0.2, -0.15) is 0 Å². The molecule has 6 heteroatoms. The molecule has 0 amide bonds. The van der Waals surface area contributed by atoms with Gasteiger partial charge >= 0.3 is 0 Å². The van der Waals surface area contributed by atoms with E-state index < -0.39 is 11.6 Å². The first-order chi connectivity index (χ1) is 10.1. The smallest absolute Gasteiger partial charge is 0.170 e. The van der Waals surface area contributed by atoms with Crippen molar-refractivity contribution in [1.82, 2.24) is 5.32 Å². The molecule has 2 aromatic carbocycles. The first-order valence-corrected chi connectivity index (χ1v) is 6.31. The highest BCUT2D eigenvalue weighted by Crippen LogP contribution is 2.10. The molecule has 0 aliphatic carbocycles. The molecule has 0 spiro atoms. The SMILES string of the molecule is NC(=NO)c1ccc(CNCc2cc(F)ccc2F)cc1. The van der Waals surface area contributed by atoms with Gasteiger partial charge in [0.1, 0.15) is 11.6 Å². The fourth-order valence-corrected chi connectivity index (χ4v) is 1.87. The molecule has 2 rings (SSSR count). The van der Waals surface area contributed by atoms with Crippen molar-refractivity contribution in [2.24, 2.45) is 10.9 Å². The predicted octanol–water partition coefficient (Wildman–Crippen LogP) is 2.35. The van der Waals surface area contributed by atoms with Crippen molar-refractivity contribution >= 4 is 5.84 Å². The minimum atomic E-state index is -0.462. The molecule has 0 aliphatic rings. The lowest BCUT2D eigenvalue weighted by molar-refractivity contribution is 0.318. The lowest BCUT2D eigenvalue weighted by Gasteiger charge is -2.07. The number of oxime groups is 1. The van der Waals surface area contributed by atoms with Crippen molar-refractivity contribution in [2.45, 2.75) is 13.1 Å². The number of benzene rings is 2. The molecular formula is C15H15F2N3O. The standard InChI is InChI=1S/C15H15F2N3O/c16-13-5-6-14(17)12(7-13)9-19-8-10-1-3-11(4-2-10)15(18)20-21/h1-7,19,21H,8-9H2,(H2,18,20). The molecule has 4 N–H and O–H groups in total. The summed E-state index contributed by atoms with van der Waals surface area (Å²) < 4.78 is 26.4. The molecule has 2 aromatic rings. The molecule has 110 valence electrons. The minimum absolute atomic E-state index is 0.0383. The fourth-order valence-electron chi connectivity index (χ4n) is 1.87. The van der Waals surface area contributed by atoms with Crippen LogP contribution in [-0.4, -0.2) is 11.0 Å². The summed E-state index contributed by atoms with van der Waals surface area (Å²) in [5.41, 5.74) is 7.29. The maximum absolute atomic E-state index is 13.4. The molecule has 0 heterocycles. The molecule has 0 aromatic heterocycles. The van der Waals surface area contributed by atoms with E-state index in [1.165, 1.54) is 6.07 Å². The van der Waals surface area contributed by atoms with E-state index in [-0.39, 0.29) is 17.9 Å². The Bertz CT molecular complexity index is 642. The summed E-state index contributed by atoms with van der Waals surface area (Å²) in [7, 11) is 0. The normalized spacial score (nSPS) is 11.6. The molecule has 0 saturated carbocycles. The molecule has 0 atom stereocenters. The van der Waals surface area contributed by atoms with Crippen LogP contribution in [0.25, 0.3) is 0 Å². The molecule has 0 saturated heterocycles. The van der Waals surface area contributed by atoms with E-state index >= 15 is 0 Å². The van der Waals surface area contributed by atoms with Crippen LogP contribution in [0.15, 0.2) is 47.6 Å². The number of rotatable bonds is 5.